The first kappa shape index (κ1) is 41.2. The molecule has 4 fully saturated rings. The third-order valence-electron chi connectivity index (χ3n) is 11.5. The van der Waals surface area contributed by atoms with Crippen molar-refractivity contribution in [2.75, 3.05) is 32.2 Å². The Morgan fingerprint density at radius 3 is 2.47 bits per heavy atom. The number of rotatable bonds is 16. The first-order valence-corrected chi connectivity index (χ1v) is 20.9. The van der Waals surface area contributed by atoms with Crippen LogP contribution in [0.2, 0.25) is 0 Å². The fraction of sp³-hybridized carbons (Fsp3) is 0.571. The molecule has 3 aliphatic carbocycles. The maximum Gasteiger partial charge on any atom is 0.408 e. The van der Waals surface area contributed by atoms with Gasteiger partial charge in [-0.3, -0.25) is 9.59 Å². The Hall–Kier alpha value is -4.96. The lowest BCUT2D eigenvalue weighted by Crippen LogP contribution is -2.59. The van der Waals surface area contributed by atoms with Crippen molar-refractivity contribution in [1.29, 1.82) is 0 Å². The molecule has 312 valence electrons. The van der Waals surface area contributed by atoms with E-state index in [2.05, 4.69) is 22.5 Å². The molecule has 15 nitrogen and oxygen atoms in total. The monoisotopic (exact) mass is 818 g/mol. The van der Waals surface area contributed by atoms with E-state index in [1.54, 1.807) is 13.2 Å². The molecule has 8 atom stereocenters. The Morgan fingerprint density at radius 1 is 1.05 bits per heavy atom. The Kier molecular flexibility index (Phi) is 11.6. The predicted molar refractivity (Wildman–Crippen MR) is 218 cm³/mol. The number of nitrogens with zero attached hydrogens (tertiary/aromatic N) is 3. The predicted octanol–water partition coefficient (Wildman–Crippen LogP) is 5.64. The van der Waals surface area contributed by atoms with E-state index in [0.717, 1.165) is 18.0 Å². The third kappa shape index (κ3) is 8.87. The van der Waals surface area contributed by atoms with E-state index in [1.807, 2.05) is 58.2 Å². The molecule has 1 aliphatic heterocycles. The molecular weight excluding hydrogens is 765 g/mol. The van der Waals surface area contributed by atoms with Gasteiger partial charge in [-0.1, -0.05) is 26.8 Å². The van der Waals surface area contributed by atoms with E-state index in [9.17, 15) is 24.3 Å². The molecule has 1 saturated heterocycles. The largest absolute Gasteiger partial charge is 0.491 e. The number of fused-ring (bicyclic) bond motifs is 2. The number of ether oxygens (including phenoxy) is 4. The van der Waals surface area contributed by atoms with Crippen molar-refractivity contribution in [3.05, 3.63) is 42.3 Å². The number of alkyl carbamates (subject to hydrolysis) is 1. The minimum atomic E-state index is -1.52. The second kappa shape index (κ2) is 16.4. The topological polar surface area (TPSA) is 191 Å². The van der Waals surface area contributed by atoms with Crippen LogP contribution in [-0.2, 0) is 23.9 Å². The van der Waals surface area contributed by atoms with Crippen LogP contribution in [0.4, 0.5) is 9.93 Å². The number of hydrogen-bond donors (Lipinski definition) is 4. The van der Waals surface area contributed by atoms with Gasteiger partial charge in [0, 0.05) is 48.4 Å². The summed E-state index contributed by atoms with van der Waals surface area (Å²) in [4.78, 5) is 65.7. The van der Waals surface area contributed by atoms with Gasteiger partial charge in [-0.05, 0) is 68.9 Å². The number of thiazole rings is 1. The summed E-state index contributed by atoms with van der Waals surface area (Å²) in [6.07, 6.45) is 2.98. The summed E-state index contributed by atoms with van der Waals surface area (Å²) < 4.78 is 23.6. The van der Waals surface area contributed by atoms with Crippen molar-refractivity contribution in [3.63, 3.8) is 0 Å². The second-order valence-corrected chi connectivity index (χ2v) is 18.2. The summed E-state index contributed by atoms with van der Waals surface area (Å²) in [7, 11) is 1.60. The highest BCUT2D eigenvalue weighted by Crippen LogP contribution is 2.52. The Morgan fingerprint density at radius 2 is 1.81 bits per heavy atom. The van der Waals surface area contributed by atoms with Crippen LogP contribution in [0.5, 0.6) is 11.5 Å². The van der Waals surface area contributed by atoms with E-state index >= 15 is 0 Å². The molecule has 4 N–H and O–H groups in total. The molecule has 7 rings (SSSR count). The number of carbonyl (C=O) groups is 4. The lowest BCUT2D eigenvalue weighted by Gasteiger charge is -2.35. The number of amides is 3. The minimum Gasteiger partial charge on any atom is -0.491 e. The number of hydrogen-bond acceptors (Lipinski definition) is 12. The molecule has 3 saturated carbocycles. The van der Waals surface area contributed by atoms with Crippen LogP contribution >= 0.6 is 11.3 Å². The highest BCUT2D eigenvalue weighted by atomic mass is 32.1. The van der Waals surface area contributed by atoms with Crippen LogP contribution in [0, 0.1) is 23.2 Å². The molecule has 4 aliphatic rings. The number of aliphatic carboxylic acids is 1. The van der Waals surface area contributed by atoms with Gasteiger partial charge in [0.2, 0.25) is 11.8 Å². The van der Waals surface area contributed by atoms with Gasteiger partial charge < -0.3 is 44.9 Å². The number of anilines is 1. The third-order valence-corrected chi connectivity index (χ3v) is 12.3. The first-order chi connectivity index (χ1) is 27.6. The summed E-state index contributed by atoms with van der Waals surface area (Å²) in [6.45, 7) is 14.0. The summed E-state index contributed by atoms with van der Waals surface area (Å²) in [5.74, 6) is -0.521. The van der Waals surface area contributed by atoms with Gasteiger partial charge in [0.15, 0.2) is 5.13 Å². The normalized spacial score (nSPS) is 26.4. The van der Waals surface area contributed by atoms with Gasteiger partial charge in [0.1, 0.15) is 53.6 Å². The van der Waals surface area contributed by atoms with Crippen LogP contribution in [0.1, 0.15) is 66.7 Å². The fourth-order valence-electron chi connectivity index (χ4n) is 8.19. The van der Waals surface area contributed by atoms with Gasteiger partial charge in [0.25, 0.3) is 0 Å². The van der Waals surface area contributed by atoms with Gasteiger partial charge in [0.05, 0.1) is 24.4 Å². The molecule has 2 unspecified atom stereocenters. The number of methoxy groups -OCH3 is 1. The van der Waals surface area contributed by atoms with Crippen molar-refractivity contribution in [3.8, 4) is 22.9 Å². The van der Waals surface area contributed by atoms with E-state index < -0.39 is 58.9 Å². The highest BCUT2D eigenvalue weighted by molar-refractivity contribution is 7.14. The summed E-state index contributed by atoms with van der Waals surface area (Å²) in [6, 6.07) is 5.26. The van der Waals surface area contributed by atoms with Crippen LogP contribution in [0.3, 0.4) is 0 Å². The van der Waals surface area contributed by atoms with Gasteiger partial charge in [-0.15, -0.1) is 17.9 Å². The zero-order chi connectivity index (χ0) is 41.5. The minimum absolute atomic E-state index is 0.0201. The SMILES string of the molecule is C=CC1C[C@]1(NC(=O)[C@@H]1C[C@@H](Oc2cc(-c3csc(NC(C)C)n3)nc3cc(OCCOC)ccc23)CN1C(=O)[C@@H](NC(=O)OC1C[C@@H]2C[C@@H]2C1)C(C)(C)C)C(=O)O. The van der Waals surface area contributed by atoms with E-state index in [4.69, 9.17) is 28.9 Å². The molecule has 2 aromatic heterocycles. The van der Waals surface area contributed by atoms with Crippen LogP contribution in [0.25, 0.3) is 22.3 Å². The molecule has 16 heteroatoms. The summed E-state index contributed by atoms with van der Waals surface area (Å²) in [5.41, 5.74) is -0.539. The van der Waals surface area contributed by atoms with Crippen molar-refractivity contribution in [2.24, 2.45) is 23.2 Å². The van der Waals surface area contributed by atoms with Gasteiger partial charge in [-0.2, -0.15) is 0 Å². The summed E-state index contributed by atoms with van der Waals surface area (Å²) in [5, 5.41) is 22.3. The quantitative estimate of drug-likeness (QED) is 0.103. The molecule has 58 heavy (non-hydrogen) atoms. The average molecular weight is 819 g/mol. The molecule has 3 amide bonds. The molecule has 0 spiro atoms. The van der Waals surface area contributed by atoms with Crippen LogP contribution < -0.4 is 25.4 Å². The molecule has 3 heterocycles. The first-order valence-electron chi connectivity index (χ1n) is 20.0. The maximum absolute atomic E-state index is 14.7. The average Bonchev–Trinajstić information content (AvgIpc) is 3.83. The Balaban J connectivity index is 1.19. The zero-order valence-corrected chi connectivity index (χ0v) is 34.7. The number of carboxylic acid groups (broad SMARTS) is 1. The second-order valence-electron chi connectivity index (χ2n) is 17.4. The van der Waals surface area contributed by atoms with Crippen molar-refractivity contribution in [2.45, 2.75) is 103 Å². The standard InChI is InChI=1S/C42H54N6O9S/c1-8-25-19-42(25,38(51)52)47-36(49)33-17-28(20-48(33)37(50)35(41(4,5)6)46-40(53)57-27-14-23-13-24(23)15-27)56-34-18-31(32-21-58-39(45-32)43-22(2)3)44-30-16-26(9-10-29(30)34)55-12-11-54-7/h8-10,16,18,21-25,27-28,33,35H,1,11-15,17,19-20H2,2-7H3,(H,43,45)(H,46,53)(H,47,49)(H,51,52)/t23-,24+,25?,27?,28-,33+,35-,42-/m1/s1. The van der Waals surface area contributed by atoms with E-state index in [0.29, 0.717) is 58.8 Å². The number of pyridine rings is 1. The number of nitrogens with one attached hydrogen (secondary N) is 3. The number of likely N-dealkylation sites (tertiary alicyclic amines) is 1. The zero-order valence-electron chi connectivity index (χ0n) is 33.9. The van der Waals surface area contributed by atoms with Crippen molar-refractivity contribution < 1.29 is 43.2 Å². The molecule has 0 radical (unpaired) electrons. The van der Waals surface area contributed by atoms with Crippen molar-refractivity contribution in [1.82, 2.24) is 25.5 Å². The molecular formula is C42H54N6O9S. The lowest BCUT2D eigenvalue weighted by molar-refractivity contribution is -0.146. The van der Waals surface area contributed by atoms with Crippen LogP contribution in [-0.4, -0.2) is 107 Å². The Bertz CT molecular complexity index is 2060. The number of carboxylic acids is 1. The van der Waals surface area contributed by atoms with Crippen LogP contribution in [0.15, 0.2) is 42.3 Å². The number of aromatic nitrogens is 2. The fourth-order valence-corrected chi connectivity index (χ4v) is 9.04. The molecule has 0 bridgehead atoms. The van der Waals surface area contributed by atoms with Gasteiger partial charge >= 0.3 is 12.1 Å². The van der Waals surface area contributed by atoms with E-state index in [-0.39, 0.29) is 31.5 Å². The maximum atomic E-state index is 14.7. The van der Waals surface area contributed by atoms with Gasteiger partial charge in [-0.25, -0.2) is 19.6 Å². The molecule has 1 aromatic carbocycles. The Labute approximate surface area is 342 Å². The highest BCUT2D eigenvalue weighted by Gasteiger charge is 2.61. The summed E-state index contributed by atoms with van der Waals surface area (Å²) >= 11 is 1.46. The number of benzene rings is 1. The smallest absolute Gasteiger partial charge is 0.408 e. The number of carbonyl (C=O) groups excluding carboxylic acids is 3. The van der Waals surface area contributed by atoms with E-state index in [1.165, 1.54) is 28.7 Å². The molecule has 3 aromatic rings. The van der Waals surface area contributed by atoms with Crippen molar-refractivity contribution >= 4 is 51.2 Å². The lowest BCUT2D eigenvalue weighted by atomic mass is 9.85.